The molecule has 1 aliphatic rings. The predicted molar refractivity (Wildman–Crippen MR) is 138 cm³/mol. The Morgan fingerprint density at radius 2 is 1.80 bits per heavy atom. The van der Waals surface area contributed by atoms with Crippen molar-refractivity contribution in [1.82, 2.24) is 9.88 Å². The number of nitrogens with one attached hydrogen (secondary N) is 2. The van der Waals surface area contributed by atoms with Crippen LogP contribution >= 0.6 is 0 Å². The van der Waals surface area contributed by atoms with Crippen LogP contribution in [0.15, 0.2) is 60.7 Å². The van der Waals surface area contributed by atoms with Crippen LogP contribution in [0.2, 0.25) is 0 Å². The molecule has 1 aliphatic carbocycles. The molecule has 0 spiro atoms. The van der Waals surface area contributed by atoms with E-state index in [-0.39, 0.29) is 23.8 Å². The van der Waals surface area contributed by atoms with Crippen molar-refractivity contribution in [1.29, 1.82) is 10.7 Å². The molecule has 1 saturated carbocycles. The Morgan fingerprint density at radius 1 is 1.06 bits per heavy atom. The number of hydrogen-bond acceptors (Lipinski definition) is 4. The largest absolute Gasteiger partial charge is 0.384 e. The molecule has 0 atom stereocenters. The third-order valence-corrected chi connectivity index (χ3v) is 7.02. The van der Waals surface area contributed by atoms with Crippen LogP contribution < -0.4 is 16.8 Å². The molecule has 35 heavy (non-hydrogen) atoms. The van der Waals surface area contributed by atoms with Crippen LogP contribution in [0, 0.1) is 16.7 Å². The second-order valence-corrected chi connectivity index (χ2v) is 9.32. The smallest absolute Gasteiger partial charge is 0.268 e. The summed E-state index contributed by atoms with van der Waals surface area (Å²) in [7, 11) is 0. The molecule has 0 radical (unpaired) electrons. The van der Waals surface area contributed by atoms with Gasteiger partial charge in [0.2, 0.25) is 0 Å². The SMILES string of the molecule is N#Cc1ccc(Cn2c(C(=O)NC3CCC(N)CC3)cc3ccc(C(=N)N)cc32)c2ccccc12. The molecule has 0 aliphatic heterocycles. The molecule has 0 saturated heterocycles. The fraction of sp³-hybridized carbons (Fsp3) is 0.250. The molecule has 4 aromatic rings. The Bertz CT molecular complexity index is 1490. The maximum absolute atomic E-state index is 13.5. The van der Waals surface area contributed by atoms with Gasteiger partial charge in [0, 0.05) is 35.1 Å². The van der Waals surface area contributed by atoms with Crippen LogP contribution in [0.1, 0.15) is 52.9 Å². The van der Waals surface area contributed by atoms with E-state index in [1.807, 2.05) is 59.2 Å². The number of nitrogens with two attached hydrogens (primary N) is 2. The van der Waals surface area contributed by atoms with E-state index in [9.17, 15) is 10.1 Å². The molecule has 0 bridgehead atoms. The van der Waals surface area contributed by atoms with E-state index in [0.717, 1.165) is 52.9 Å². The highest BCUT2D eigenvalue weighted by Crippen LogP contribution is 2.28. The van der Waals surface area contributed by atoms with Crippen molar-refractivity contribution in [3.8, 4) is 6.07 Å². The number of aromatic nitrogens is 1. The fourth-order valence-electron chi connectivity index (χ4n) is 5.07. The van der Waals surface area contributed by atoms with Gasteiger partial charge in [-0.1, -0.05) is 42.5 Å². The molecule has 6 N–H and O–H groups in total. The number of amides is 1. The molecular formula is C28H28N6O. The predicted octanol–water partition coefficient (Wildman–Crippen LogP) is 4.00. The van der Waals surface area contributed by atoms with E-state index >= 15 is 0 Å². The molecule has 7 heteroatoms. The summed E-state index contributed by atoms with van der Waals surface area (Å²) in [4.78, 5) is 13.5. The first-order valence-electron chi connectivity index (χ1n) is 11.9. The van der Waals surface area contributed by atoms with Crippen LogP contribution in [0.3, 0.4) is 0 Å². The Morgan fingerprint density at radius 3 is 2.51 bits per heavy atom. The lowest BCUT2D eigenvalue weighted by atomic mass is 9.92. The van der Waals surface area contributed by atoms with E-state index in [1.54, 1.807) is 6.07 Å². The van der Waals surface area contributed by atoms with E-state index in [4.69, 9.17) is 16.9 Å². The fourth-order valence-corrected chi connectivity index (χ4v) is 5.07. The van der Waals surface area contributed by atoms with Gasteiger partial charge in [0.25, 0.3) is 5.91 Å². The van der Waals surface area contributed by atoms with Gasteiger partial charge in [-0.25, -0.2) is 0 Å². The first kappa shape index (κ1) is 22.6. The van der Waals surface area contributed by atoms with Gasteiger partial charge in [-0.15, -0.1) is 0 Å². The summed E-state index contributed by atoms with van der Waals surface area (Å²) < 4.78 is 1.99. The number of rotatable bonds is 5. The summed E-state index contributed by atoms with van der Waals surface area (Å²) >= 11 is 0. The lowest BCUT2D eigenvalue weighted by Crippen LogP contribution is -2.41. The number of benzene rings is 3. The minimum Gasteiger partial charge on any atom is -0.384 e. The van der Waals surface area contributed by atoms with E-state index in [1.165, 1.54) is 0 Å². The third-order valence-electron chi connectivity index (χ3n) is 7.02. The van der Waals surface area contributed by atoms with Gasteiger partial charge < -0.3 is 21.4 Å². The maximum Gasteiger partial charge on any atom is 0.268 e. The van der Waals surface area contributed by atoms with Crippen LogP contribution in [0.5, 0.6) is 0 Å². The molecule has 176 valence electrons. The van der Waals surface area contributed by atoms with Crippen LogP contribution in [0.4, 0.5) is 0 Å². The zero-order valence-corrected chi connectivity index (χ0v) is 19.4. The number of carbonyl (C=O) groups excluding carboxylic acids is 1. The van der Waals surface area contributed by atoms with Crippen LogP contribution in [-0.4, -0.2) is 28.4 Å². The Balaban J connectivity index is 1.60. The minimum absolute atomic E-state index is 0.0204. The van der Waals surface area contributed by atoms with Crippen molar-refractivity contribution in [2.24, 2.45) is 11.5 Å². The van der Waals surface area contributed by atoms with Crippen molar-refractivity contribution in [3.05, 3.63) is 83.0 Å². The summed E-state index contributed by atoms with van der Waals surface area (Å²) in [6, 6.07) is 21.7. The second-order valence-electron chi connectivity index (χ2n) is 9.32. The van der Waals surface area contributed by atoms with Gasteiger partial charge in [-0.2, -0.15) is 5.26 Å². The quantitative estimate of drug-likeness (QED) is 0.262. The zero-order chi connectivity index (χ0) is 24.5. The molecule has 7 nitrogen and oxygen atoms in total. The Labute approximate surface area is 203 Å². The van der Waals surface area contributed by atoms with E-state index in [2.05, 4.69) is 11.4 Å². The number of amidine groups is 1. The van der Waals surface area contributed by atoms with Crippen molar-refractivity contribution in [2.75, 3.05) is 0 Å². The number of hydrogen-bond donors (Lipinski definition) is 4. The van der Waals surface area contributed by atoms with Gasteiger partial charge in [-0.05, 0) is 60.2 Å². The van der Waals surface area contributed by atoms with Gasteiger partial charge in [-0.3, -0.25) is 10.2 Å². The number of carbonyl (C=O) groups is 1. The van der Waals surface area contributed by atoms with Crippen molar-refractivity contribution >= 4 is 33.4 Å². The molecule has 3 aromatic carbocycles. The number of fused-ring (bicyclic) bond motifs is 2. The number of nitrogen functional groups attached to an aromatic ring is 1. The maximum atomic E-state index is 13.5. The second kappa shape index (κ2) is 9.24. The summed E-state index contributed by atoms with van der Waals surface area (Å²) in [5.41, 5.74) is 15.4. The average molecular weight is 465 g/mol. The van der Waals surface area contributed by atoms with Gasteiger partial charge in [0.15, 0.2) is 0 Å². The summed E-state index contributed by atoms with van der Waals surface area (Å²) in [6.07, 6.45) is 3.57. The standard InChI is InChI=1S/C28H28N6O/c29-15-19-7-8-20(24-4-2-1-3-23(19)24)16-34-25-14-18(27(31)32)6-5-17(25)13-26(34)28(35)33-22-11-9-21(30)10-12-22/h1-8,13-14,21-22H,9-12,16,30H2,(H3,31,32)(H,33,35). The lowest BCUT2D eigenvalue weighted by Gasteiger charge is -2.27. The monoisotopic (exact) mass is 464 g/mol. The van der Waals surface area contributed by atoms with Crippen molar-refractivity contribution < 1.29 is 4.79 Å². The van der Waals surface area contributed by atoms with E-state index < -0.39 is 0 Å². The molecule has 1 aromatic heterocycles. The van der Waals surface area contributed by atoms with Crippen LogP contribution in [-0.2, 0) is 6.54 Å². The third kappa shape index (κ3) is 4.36. The van der Waals surface area contributed by atoms with Crippen LogP contribution in [0.25, 0.3) is 21.7 Å². The first-order valence-corrected chi connectivity index (χ1v) is 11.9. The number of nitrogens with zero attached hydrogens (tertiary/aromatic N) is 2. The molecule has 1 fully saturated rings. The highest BCUT2D eigenvalue weighted by Gasteiger charge is 2.23. The molecule has 0 unspecified atom stereocenters. The van der Waals surface area contributed by atoms with Crippen molar-refractivity contribution in [3.63, 3.8) is 0 Å². The Kier molecular flexibility index (Phi) is 5.98. The van der Waals surface area contributed by atoms with Gasteiger partial charge in [0.05, 0.1) is 11.6 Å². The molecule has 1 amide bonds. The van der Waals surface area contributed by atoms with Gasteiger partial charge in [0.1, 0.15) is 11.5 Å². The molecular weight excluding hydrogens is 436 g/mol. The first-order chi connectivity index (χ1) is 16.9. The number of nitriles is 1. The average Bonchev–Trinajstić information content (AvgIpc) is 3.23. The topological polar surface area (TPSA) is 134 Å². The summed E-state index contributed by atoms with van der Waals surface area (Å²) in [6.45, 7) is 0.440. The van der Waals surface area contributed by atoms with E-state index in [0.29, 0.717) is 23.4 Å². The molecule has 5 rings (SSSR count). The zero-order valence-electron chi connectivity index (χ0n) is 19.4. The molecule has 1 heterocycles. The normalized spacial score (nSPS) is 17.8. The summed E-state index contributed by atoms with van der Waals surface area (Å²) in [5.74, 6) is -0.142. The lowest BCUT2D eigenvalue weighted by molar-refractivity contribution is 0.0917. The summed E-state index contributed by atoms with van der Waals surface area (Å²) in [5, 5.41) is 23.4. The minimum atomic E-state index is -0.121. The highest BCUT2D eigenvalue weighted by atomic mass is 16.2. The Hall–Kier alpha value is -4.15. The highest BCUT2D eigenvalue weighted by molar-refractivity contribution is 6.02. The van der Waals surface area contributed by atoms with Gasteiger partial charge >= 0.3 is 0 Å². The van der Waals surface area contributed by atoms with Crippen molar-refractivity contribution in [2.45, 2.75) is 44.3 Å².